The second-order valence-electron chi connectivity index (χ2n) is 6.62. The second kappa shape index (κ2) is 10.7. The minimum Gasteiger partial charge on any atom is -0.374 e. The number of rotatable bonds is 8. The van der Waals surface area contributed by atoms with Gasteiger partial charge in [0.05, 0.1) is 39.1 Å². The maximum Gasteiger partial charge on any atom is 0.230 e. The quantitative estimate of drug-likeness (QED) is 0.465. The van der Waals surface area contributed by atoms with Crippen LogP contribution in [-0.2, 0) is 16.1 Å². The van der Waals surface area contributed by atoms with Crippen LogP contribution in [0.3, 0.4) is 0 Å². The summed E-state index contributed by atoms with van der Waals surface area (Å²) in [6, 6.07) is 5.65. The molecule has 0 unspecified atom stereocenters. The number of halogens is 2. The van der Waals surface area contributed by atoms with E-state index in [0.717, 1.165) is 35.8 Å². The minimum absolute atomic E-state index is 0.0655. The first-order valence-corrected chi connectivity index (χ1v) is 11.6. The molecule has 1 aliphatic rings. The molecule has 1 aliphatic heterocycles. The molecular formula is C19H21Cl2N3O3S2. The largest absolute Gasteiger partial charge is 0.374 e. The zero-order valence-electron chi connectivity index (χ0n) is 15.8. The van der Waals surface area contributed by atoms with Crippen LogP contribution in [0.4, 0.5) is 0 Å². The summed E-state index contributed by atoms with van der Waals surface area (Å²) < 4.78 is 6.50. The summed E-state index contributed by atoms with van der Waals surface area (Å²) in [5.41, 5.74) is 1.79. The van der Waals surface area contributed by atoms with Gasteiger partial charge in [-0.05, 0) is 24.6 Å². The molecule has 0 saturated carbocycles. The summed E-state index contributed by atoms with van der Waals surface area (Å²) in [4.78, 5) is 30.2. The summed E-state index contributed by atoms with van der Waals surface area (Å²) in [6.07, 6.45) is 0.727. The van der Waals surface area contributed by atoms with Crippen LogP contribution in [0.5, 0.6) is 0 Å². The van der Waals surface area contributed by atoms with Gasteiger partial charge >= 0.3 is 0 Å². The van der Waals surface area contributed by atoms with Crippen molar-refractivity contribution in [1.29, 1.82) is 0 Å². The summed E-state index contributed by atoms with van der Waals surface area (Å²) >= 11 is 14.7. The molecule has 156 valence electrons. The summed E-state index contributed by atoms with van der Waals surface area (Å²) in [6.45, 7) is 5.15. The fraction of sp³-hybridized carbons (Fsp3) is 0.421. The number of nitrogens with zero attached hydrogens (tertiary/aromatic N) is 2. The molecule has 1 aromatic carbocycles. The lowest BCUT2D eigenvalue weighted by Gasteiger charge is -2.33. The number of carbonyl (C=O) groups excluding carboxylic acids is 2. The fourth-order valence-electron chi connectivity index (χ4n) is 2.90. The fourth-order valence-corrected chi connectivity index (χ4v) is 5.08. The van der Waals surface area contributed by atoms with Crippen molar-refractivity contribution in [2.45, 2.75) is 23.9 Å². The van der Waals surface area contributed by atoms with Crippen LogP contribution in [0.15, 0.2) is 22.5 Å². The van der Waals surface area contributed by atoms with Gasteiger partial charge in [0.1, 0.15) is 0 Å². The Morgan fingerprint density at radius 3 is 3.00 bits per heavy atom. The third kappa shape index (κ3) is 6.67. The standard InChI is InChI=1S/C19H21Cl2N3O3S2/c1-12-17(10-25)29-19(23-12)28-11-18(26)22-7-14-9-24(4-5-27-14)8-13-2-3-15(20)16(21)6-13/h2-3,6,10,14H,4-5,7-9,11H2,1H3,(H,22,26)/t14-/m0/s1. The Balaban J connectivity index is 1.42. The number of aromatic nitrogens is 1. The highest BCUT2D eigenvalue weighted by Crippen LogP contribution is 2.26. The Morgan fingerprint density at radius 1 is 1.45 bits per heavy atom. The van der Waals surface area contributed by atoms with Gasteiger partial charge in [0.2, 0.25) is 5.91 Å². The van der Waals surface area contributed by atoms with Gasteiger partial charge in [-0.3, -0.25) is 14.5 Å². The summed E-state index contributed by atoms with van der Waals surface area (Å²) in [5.74, 6) is 0.172. The number of hydrogen-bond acceptors (Lipinski definition) is 7. The number of ether oxygens (including phenoxy) is 1. The molecule has 6 nitrogen and oxygen atoms in total. The Labute approximate surface area is 187 Å². The number of thioether (sulfide) groups is 1. The van der Waals surface area contributed by atoms with Crippen LogP contribution in [0, 0.1) is 6.92 Å². The number of benzene rings is 1. The Kier molecular flexibility index (Phi) is 8.35. The van der Waals surface area contributed by atoms with E-state index in [4.69, 9.17) is 27.9 Å². The predicted octanol–water partition coefficient (Wildman–Crippen LogP) is 3.68. The molecule has 1 saturated heterocycles. The van der Waals surface area contributed by atoms with Gasteiger partial charge in [-0.2, -0.15) is 0 Å². The molecular weight excluding hydrogens is 453 g/mol. The molecule has 1 fully saturated rings. The molecule has 2 aromatic rings. The molecule has 1 aromatic heterocycles. The van der Waals surface area contributed by atoms with Gasteiger partial charge in [-0.1, -0.05) is 41.0 Å². The molecule has 29 heavy (non-hydrogen) atoms. The van der Waals surface area contributed by atoms with Crippen LogP contribution in [0.2, 0.25) is 10.0 Å². The topological polar surface area (TPSA) is 71.5 Å². The molecule has 0 radical (unpaired) electrons. The first kappa shape index (κ1) is 22.5. The number of aldehydes is 1. The van der Waals surface area contributed by atoms with E-state index in [2.05, 4.69) is 15.2 Å². The van der Waals surface area contributed by atoms with Crippen molar-refractivity contribution in [3.05, 3.63) is 44.4 Å². The van der Waals surface area contributed by atoms with Crippen molar-refractivity contribution in [1.82, 2.24) is 15.2 Å². The lowest BCUT2D eigenvalue weighted by molar-refractivity contribution is -0.119. The molecule has 0 bridgehead atoms. The predicted molar refractivity (Wildman–Crippen MR) is 117 cm³/mol. The average Bonchev–Trinajstić information content (AvgIpc) is 3.07. The molecule has 0 spiro atoms. The Morgan fingerprint density at radius 2 is 2.28 bits per heavy atom. The van der Waals surface area contributed by atoms with Gasteiger partial charge in [0, 0.05) is 26.2 Å². The van der Waals surface area contributed by atoms with E-state index in [1.807, 2.05) is 12.1 Å². The maximum atomic E-state index is 12.1. The van der Waals surface area contributed by atoms with E-state index in [-0.39, 0.29) is 17.8 Å². The summed E-state index contributed by atoms with van der Waals surface area (Å²) in [7, 11) is 0. The molecule has 3 rings (SSSR count). The molecule has 2 heterocycles. The monoisotopic (exact) mass is 473 g/mol. The van der Waals surface area contributed by atoms with Crippen molar-refractivity contribution in [2.75, 3.05) is 32.0 Å². The third-order valence-electron chi connectivity index (χ3n) is 4.39. The first-order chi connectivity index (χ1) is 13.9. The van der Waals surface area contributed by atoms with Crippen molar-refractivity contribution >= 4 is 58.5 Å². The average molecular weight is 474 g/mol. The minimum atomic E-state index is -0.0827. The number of carbonyl (C=O) groups is 2. The van der Waals surface area contributed by atoms with Crippen LogP contribution >= 0.6 is 46.3 Å². The second-order valence-corrected chi connectivity index (χ2v) is 9.68. The van der Waals surface area contributed by atoms with Gasteiger partial charge < -0.3 is 10.1 Å². The van der Waals surface area contributed by atoms with Gasteiger partial charge in [-0.25, -0.2) is 4.98 Å². The molecule has 1 atom stereocenters. The molecule has 1 amide bonds. The Bertz CT molecular complexity index is 878. The van der Waals surface area contributed by atoms with E-state index in [1.165, 1.54) is 23.1 Å². The number of thiazole rings is 1. The van der Waals surface area contributed by atoms with Gasteiger partial charge in [-0.15, -0.1) is 11.3 Å². The van der Waals surface area contributed by atoms with Crippen molar-refractivity contribution < 1.29 is 14.3 Å². The van der Waals surface area contributed by atoms with E-state index in [0.29, 0.717) is 33.8 Å². The van der Waals surface area contributed by atoms with Crippen LogP contribution in [0.25, 0.3) is 0 Å². The number of morpholine rings is 1. The smallest absolute Gasteiger partial charge is 0.230 e. The number of hydrogen-bond donors (Lipinski definition) is 1. The van der Waals surface area contributed by atoms with Crippen LogP contribution in [0.1, 0.15) is 20.9 Å². The Hall–Kier alpha value is -1.16. The van der Waals surface area contributed by atoms with Crippen molar-refractivity contribution in [2.24, 2.45) is 0 Å². The maximum absolute atomic E-state index is 12.1. The zero-order valence-corrected chi connectivity index (χ0v) is 19.0. The van der Waals surface area contributed by atoms with E-state index in [1.54, 1.807) is 13.0 Å². The van der Waals surface area contributed by atoms with E-state index in [9.17, 15) is 9.59 Å². The van der Waals surface area contributed by atoms with Crippen LogP contribution in [-0.4, -0.2) is 60.2 Å². The third-order valence-corrected chi connectivity index (χ3v) is 7.35. The first-order valence-electron chi connectivity index (χ1n) is 9.04. The molecule has 1 N–H and O–H groups in total. The molecule has 10 heteroatoms. The zero-order chi connectivity index (χ0) is 20.8. The number of amides is 1. The highest BCUT2D eigenvalue weighted by Gasteiger charge is 2.21. The van der Waals surface area contributed by atoms with E-state index >= 15 is 0 Å². The lowest BCUT2D eigenvalue weighted by Crippen LogP contribution is -2.47. The summed E-state index contributed by atoms with van der Waals surface area (Å²) in [5, 5.41) is 4.01. The number of aryl methyl sites for hydroxylation is 1. The van der Waals surface area contributed by atoms with Crippen LogP contribution < -0.4 is 5.32 Å². The molecule has 0 aliphatic carbocycles. The number of nitrogens with one attached hydrogen (secondary N) is 1. The van der Waals surface area contributed by atoms with Gasteiger partial charge in [0.25, 0.3) is 0 Å². The van der Waals surface area contributed by atoms with E-state index < -0.39 is 0 Å². The van der Waals surface area contributed by atoms with Gasteiger partial charge in [0.15, 0.2) is 10.6 Å². The van der Waals surface area contributed by atoms with Crippen molar-refractivity contribution in [3.8, 4) is 0 Å². The lowest BCUT2D eigenvalue weighted by atomic mass is 10.2. The normalized spacial score (nSPS) is 17.3. The SMILES string of the molecule is Cc1nc(SCC(=O)NC[C@H]2CN(Cc3ccc(Cl)c(Cl)c3)CCO2)sc1C=O. The van der Waals surface area contributed by atoms with Crippen molar-refractivity contribution in [3.63, 3.8) is 0 Å². The highest BCUT2D eigenvalue weighted by molar-refractivity contribution is 8.01. The highest BCUT2D eigenvalue weighted by atomic mass is 35.5.